The smallest absolute Gasteiger partial charge is 0.286 e. The fourth-order valence-corrected chi connectivity index (χ4v) is 2.85. The zero-order valence-corrected chi connectivity index (χ0v) is 12.3. The molecule has 0 spiro atoms. The summed E-state index contributed by atoms with van der Waals surface area (Å²) >= 11 is 1.03. The molecule has 0 aliphatic carbocycles. The van der Waals surface area contributed by atoms with E-state index < -0.39 is 0 Å². The summed E-state index contributed by atoms with van der Waals surface area (Å²) in [6.45, 7) is 4.94. The Morgan fingerprint density at radius 2 is 1.70 bits per heavy atom. The Hall–Kier alpha value is -1.69. The van der Waals surface area contributed by atoms with E-state index in [0.717, 1.165) is 17.3 Å². The van der Waals surface area contributed by atoms with Crippen LogP contribution >= 0.6 is 11.8 Å². The Morgan fingerprint density at radius 1 is 1.10 bits per heavy atom. The van der Waals surface area contributed by atoms with E-state index in [1.54, 1.807) is 0 Å². The van der Waals surface area contributed by atoms with Crippen LogP contribution in [0.2, 0.25) is 0 Å². The van der Waals surface area contributed by atoms with Crippen LogP contribution in [0.15, 0.2) is 18.2 Å². The number of imide groups is 1. The van der Waals surface area contributed by atoms with Crippen molar-refractivity contribution in [3.63, 3.8) is 0 Å². The van der Waals surface area contributed by atoms with E-state index in [-0.39, 0.29) is 16.4 Å². The lowest BCUT2D eigenvalue weighted by Crippen LogP contribution is -2.25. The monoisotopic (exact) mass is 295 g/mol. The SMILES string of the molecule is CCOc1cc(CC2SC(=O)NC2=O)cc(OCC)c1. The molecular weight excluding hydrogens is 278 g/mol. The first kappa shape index (κ1) is 14.7. The first-order valence-electron chi connectivity index (χ1n) is 6.53. The molecule has 108 valence electrons. The molecule has 0 aromatic heterocycles. The molecule has 1 heterocycles. The summed E-state index contributed by atoms with van der Waals surface area (Å²) < 4.78 is 11.0. The molecule has 1 aliphatic heterocycles. The number of rotatable bonds is 6. The number of hydrogen-bond donors (Lipinski definition) is 1. The number of hydrogen-bond acceptors (Lipinski definition) is 5. The Kier molecular flexibility index (Phi) is 4.89. The number of thioether (sulfide) groups is 1. The van der Waals surface area contributed by atoms with Gasteiger partial charge in [-0.3, -0.25) is 14.9 Å². The average Bonchev–Trinajstić information content (AvgIpc) is 2.68. The van der Waals surface area contributed by atoms with Gasteiger partial charge in [0.15, 0.2) is 0 Å². The second kappa shape index (κ2) is 6.65. The van der Waals surface area contributed by atoms with E-state index >= 15 is 0 Å². The fraction of sp³-hybridized carbons (Fsp3) is 0.429. The third-order valence-corrected chi connectivity index (χ3v) is 3.73. The van der Waals surface area contributed by atoms with Gasteiger partial charge >= 0.3 is 0 Å². The van der Waals surface area contributed by atoms with Gasteiger partial charge in [0, 0.05) is 6.07 Å². The number of nitrogens with one attached hydrogen (secondary N) is 1. The highest BCUT2D eigenvalue weighted by atomic mass is 32.2. The minimum atomic E-state index is -0.381. The van der Waals surface area contributed by atoms with Gasteiger partial charge in [-0.2, -0.15) is 0 Å². The molecule has 2 rings (SSSR count). The quantitative estimate of drug-likeness (QED) is 0.873. The third-order valence-electron chi connectivity index (χ3n) is 2.75. The average molecular weight is 295 g/mol. The van der Waals surface area contributed by atoms with Crippen LogP contribution in [0.1, 0.15) is 19.4 Å². The first-order chi connectivity index (χ1) is 9.62. The predicted molar refractivity (Wildman–Crippen MR) is 77.4 cm³/mol. The molecule has 1 aliphatic rings. The van der Waals surface area contributed by atoms with E-state index in [0.29, 0.717) is 31.1 Å². The van der Waals surface area contributed by atoms with Gasteiger partial charge in [-0.25, -0.2) is 0 Å². The van der Waals surface area contributed by atoms with Crippen LogP contribution in [0.4, 0.5) is 4.79 Å². The maximum Gasteiger partial charge on any atom is 0.286 e. The van der Waals surface area contributed by atoms with Crippen LogP contribution in [0.25, 0.3) is 0 Å². The van der Waals surface area contributed by atoms with Crippen LogP contribution in [0.3, 0.4) is 0 Å². The topological polar surface area (TPSA) is 64.6 Å². The summed E-state index contributed by atoms with van der Waals surface area (Å²) in [5.74, 6) is 1.19. The Morgan fingerprint density at radius 3 is 2.15 bits per heavy atom. The molecule has 5 nitrogen and oxygen atoms in total. The molecular formula is C14H17NO4S. The molecule has 1 atom stereocenters. The molecule has 0 radical (unpaired) electrons. The fourth-order valence-electron chi connectivity index (χ4n) is 1.99. The number of benzene rings is 1. The summed E-state index contributed by atoms with van der Waals surface area (Å²) in [6, 6.07) is 5.58. The minimum absolute atomic E-state index is 0.236. The highest BCUT2D eigenvalue weighted by molar-refractivity contribution is 8.15. The van der Waals surface area contributed by atoms with Crippen LogP contribution in [-0.4, -0.2) is 29.6 Å². The van der Waals surface area contributed by atoms with Crippen molar-refractivity contribution >= 4 is 22.9 Å². The standard InChI is InChI=1S/C14H17NO4S/c1-3-18-10-5-9(6-11(8-10)19-4-2)7-12-13(16)15-14(17)20-12/h5-6,8,12H,3-4,7H2,1-2H3,(H,15,16,17). The Balaban J connectivity index is 2.17. The first-order valence-corrected chi connectivity index (χ1v) is 7.41. The Bertz CT molecular complexity index is 494. The highest BCUT2D eigenvalue weighted by Crippen LogP contribution is 2.28. The predicted octanol–water partition coefficient (Wildman–Crippen LogP) is 2.38. The van der Waals surface area contributed by atoms with Crippen LogP contribution in [-0.2, 0) is 11.2 Å². The summed E-state index contributed by atoms with van der Waals surface area (Å²) in [4.78, 5) is 22.8. The van der Waals surface area contributed by atoms with Gasteiger partial charge in [-0.1, -0.05) is 11.8 Å². The van der Waals surface area contributed by atoms with Crippen molar-refractivity contribution in [2.75, 3.05) is 13.2 Å². The zero-order valence-electron chi connectivity index (χ0n) is 11.5. The maximum absolute atomic E-state index is 11.6. The van der Waals surface area contributed by atoms with Gasteiger partial charge in [0.25, 0.3) is 5.24 Å². The third kappa shape index (κ3) is 3.66. The number of ether oxygens (including phenoxy) is 2. The van der Waals surface area contributed by atoms with Gasteiger partial charge in [0.2, 0.25) is 5.91 Å². The van der Waals surface area contributed by atoms with Gasteiger partial charge in [0.05, 0.1) is 18.5 Å². The van der Waals surface area contributed by atoms with Gasteiger partial charge in [0.1, 0.15) is 11.5 Å². The lowest BCUT2D eigenvalue weighted by Gasteiger charge is -2.12. The van der Waals surface area contributed by atoms with Crippen molar-refractivity contribution in [3.8, 4) is 11.5 Å². The summed E-state index contributed by atoms with van der Waals surface area (Å²) in [5.41, 5.74) is 0.918. The van der Waals surface area contributed by atoms with Crippen molar-refractivity contribution in [1.29, 1.82) is 0 Å². The molecule has 1 aromatic rings. The molecule has 2 amide bonds. The largest absolute Gasteiger partial charge is 0.494 e. The van der Waals surface area contributed by atoms with Gasteiger partial charge in [-0.05, 0) is 38.0 Å². The molecule has 1 saturated heterocycles. The van der Waals surface area contributed by atoms with Crippen LogP contribution in [0, 0.1) is 0 Å². The van der Waals surface area contributed by atoms with Gasteiger partial charge < -0.3 is 9.47 Å². The van der Waals surface area contributed by atoms with Crippen LogP contribution < -0.4 is 14.8 Å². The Labute approximate surface area is 122 Å². The van der Waals surface area contributed by atoms with E-state index in [9.17, 15) is 9.59 Å². The molecule has 1 aromatic carbocycles. The van der Waals surface area contributed by atoms with Crippen molar-refractivity contribution in [2.24, 2.45) is 0 Å². The highest BCUT2D eigenvalue weighted by Gasteiger charge is 2.31. The summed E-state index contributed by atoms with van der Waals surface area (Å²) in [7, 11) is 0. The van der Waals surface area contributed by atoms with Crippen molar-refractivity contribution in [1.82, 2.24) is 5.32 Å². The molecule has 1 fully saturated rings. The van der Waals surface area contributed by atoms with Crippen LogP contribution in [0.5, 0.6) is 11.5 Å². The maximum atomic E-state index is 11.6. The summed E-state index contributed by atoms with van der Waals surface area (Å²) in [6.07, 6.45) is 0.475. The van der Waals surface area contributed by atoms with E-state index in [1.807, 2.05) is 32.0 Å². The minimum Gasteiger partial charge on any atom is -0.494 e. The normalized spacial score (nSPS) is 18.0. The van der Waals surface area contributed by atoms with Gasteiger partial charge in [-0.15, -0.1) is 0 Å². The number of carbonyl (C=O) groups is 2. The van der Waals surface area contributed by atoms with E-state index in [2.05, 4.69) is 5.32 Å². The van der Waals surface area contributed by atoms with E-state index in [1.165, 1.54) is 0 Å². The molecule has 0 saturated carbocycles. The summed E-state index contributed by atoms with van der Waals surface area (Å²) in [5, 5.41) is 1.62. The lowest BCUT2D eigenvalue weighted by molar-refractivity contribution is -0.118. The van der Waals surface area contributed by atoms with E-state index in [4.69, 9.17) is 9.47 Å². The second-order valence-corrected chi connectivity index (χ2v) is 5.44. The molecule has 1 N–H and O–H groups in total. The van der Waals surface area contributed by atoms with Crippen molar-refractivity contribution in [2.45, 2.75) is 25.5 Å². The second-order valence-electron chi connectivity index (χ2n) is 4.27. The molecule has 20 heavy (non-hydrogen) atoms. The zero-order chi connectivity index (χ0) is 14.5. The van der Waals surface area contributed by atoms with Crippen molar-refractivity contribution in [3.05, 3.63) is 23.8 Å². The molecule has 0 bridgehead atoms. The molecule has 1 unspecified atom stereocenters. The lowest BCUT2D eigenvalue weighted by atomic mass is 10.1. The van der Waals surface area contributed by atoms with Crippen molar-refractivity contribution < 1.29 is 19.1 Å². The molecule has 6 heteroatoms. The number of amides is 2. The number of carbonyl (C=O) groups excluding carboxylic acids is 2.